The number of aromatic nitrogens is 1. The number of carbonyl (C=O) groups is 2. The van der Waals surface area contributed by atoms with Crippen molar-refractivity contribution in [2.75, 3.05) is 0 Å². The summed E-state index contributed by atoms with van der Waals surface area (Å²) >= 11 is 0. The van der Waals surface area contributed by atoms with Crippen molar-refractivity contribution in [1.29, 1.82) is 0 Å². The summed E-state index contributed by atoms with van der Waals surface area (Å²) in [6.07, 6.45) is 11.3. The quantitative estimate of drug-likeness (QED) is 0.314. The lowest BCUT2D eigenvalue weighted by molar-refractivity contribution is -0.177. The molecule has 1 aromatic carbocycles. The molecule has 0 unspecified atom stereocenters. The number of benzene rings is 1. The van der Waals surface area contributed by atoms with E-state index in [2.05, 4.69) is 59.5 Å². The Hall–Kier alpha value is -2.56. The second-order valence-corrected chi connectivity index (χ2v) is 17.1. The molecule has 0 bridgehead atoms. The Bertz CT molecular complexity index is 1560. The molecule has 1 heterocycles. The smallest absolute Gasteiger partial charge is 0.335 e. The van der Waals surface area contributed by atoms with Crippen LogP contribution in [0.3, 0.4) is 0 Å². The number of nitrogens with one attached hydrogen (secondary N) is 1. The fourth-order valence-corrected chi connectivity index (χ4v) is 12.1. The monoisotopic (exact) mass is 571 g/mol. The van der Waals surface area contributed by atoms with Crippen molar-refractivity contribution in [2.24, 2.45) is 44.8 Å². The molecule has 0 aliphatic heterocycles. The van der Waals surface area contributed by atoms with E-state index in [1.165, 1.54) is 23.3 Å². The molecule has 3 saturated carbocycles. The molecule has 0 radical (unpaired) electrons. The first-order valence-electron chi connectivity index (χ1n) is 16.3. The molecular formula is C37H49NO4. The number of hydrogen-bond acceptors (Lipinski definition) is 2. The van der Waals surface area contributed by atoms with Gasteiger partial charge in [0.15, 0.2) is 0 Å². The average Bonchev–Trinajstić information content (AvgIpc) is 3.26. The summed E-state index contributed by atoms with van der Waals surface area (Å²) in [6.45, 7) is 17.1. The minimum atomic E-state index is -0.880. The minimum absolute atomic E-state index is 0.0119. The lowest BCUT2D eigenvalue weighted by atomic mass is 9.33. The van der Waals surface area contributed by atoms with E-state index in [0.717, 1.165) is 62.3 Å². The molecule has 226 valence electrons. The Balaban J connectivity index is 1.36. The van der Waals surface area contributed by atoms with Gasteiger partial charge in [-0.3, -0.25) is 4.79 Å². The number of H-pyrrole nitrogens is 1. The van der Waals surface area contributed by atoms with E-state index in [-0.39, 0.29) is 33.0 Å². The molecule has 5 heteroatoms. The highest BCUT2D eigenvalue weighted by molar-refractivity contribution is 5.95. The van der Waals surface area contributed by atoms with Crippen molar-refractivity contribution >= 4 is 22.8 Å². The predicted molar refractivity (Wildman–Crippen MR) is 166 cm³/mol. The van der Waals surface area contributed by atoms with Crippen molar-refractivity contribution in [1.82, 2.24) is 4.98 Å². The molecule has 3 fully saturated rings. The number of allylic oxidation sites excluding steroid dienone is 2. The van der Waals surface area contributed by atoms with Crippen LogP contribution in [0, 0.1) is 44.8 Å². The Morgan fingerprint density at radius 2 is 1.62 bits per heavy atom. The lowest BCUT2D eigenvalue weighted by Gasteiger charge is -2.70. The van der Waals surface area contributed by atoms with Gasteiger partial charge in [0, 0.05) is 22.0 Å². The lowest BCUT2D eigenvalue weighted by Crippen LogP contribution is -2.64. The van der Waals surface area contributed by atoms with E-state index in [1.54, 1.807) is 6.07 Å². The minimum Gasteiger partial charge on any atom is -0.481 e. The molecule has 0 spiro atoms. The van der Waals surface area contributed by atoms with Crippen molar-refractivity contribution in [3.63, 3.8) is 0 Å². The molecule has 3 N–H and O–H groups in total. The Kier molecular flexibility index (Phi) is 5.60. The molecule has 5 aliphatic rings. The van der Waals surface area contributed by atoms with Gasteiger partial charge in [-0.2, -0.15) is 0 Å². The van der Waals surface area contributed by atoms with E-state index < -0.39 is 17.4 Å². The fraction of sp³-hybridized carbons (Fsp3) is 0.676. The van der Waals surface area contributed by atoms with Crippen LogP contribution < -0.4 is 0 Å². The highest BCUT2D eigenvalue weighted by Crippen LogP contribution is 2.75. The highest BCUT2D eigenvalue weighted by atomic mass is 16.4. The number of aromatic carboxylic acids is 1. The summed E-state index contributed by atoms with van der Waals surface area (Å²) in [6, 6.07) is 5.54. The van der Waals surface area contributed by atoms with Gasteiger partial charge in [0.05, 0.1) is 11.0 Å². The van der Waals surface area contributed by atoms with Gasteiger partial charge < -0.3 is 15.2 Å². The molecule has 7 rings (SSSR count). The van der Waals surface area contributed by atoms with Crippen LogP contribution in [0.15, 0.2) is 29.8 Å². The van der Waals surface area contributed by atoms with Crippen LogP contribution in [0.4, 0.5) is 0 Å². The average molecular weight is 572 g/mol. The van der Waals surface area contributed by atoms with Gasteiger partial charge in [-0.05, 0) is 121 Å². The third-order valence-electron chi connectivity index (χ3n) is 14.6. The van der Waals surface area contributed by atoms with Gasteiger partial charge in [-0.1, -0.05) is 60.1 Å². The second-order valence-electron chi connectivity index (χ2n) is 17.1. The Morgan fingerprint density at radius 1 is 0.905 bits per heavy atom. The third kappa shape index (κ3) is 3.32. The van der Waals surface area contributed by atoms with Gasteiger partial charge in [0.2, 0.25) is 0 Å². The number of hydrogen-bond donors (Lipinski definition) is 3. The number of rotatable bonds is 2. The molecule has 0 amide bonds. The standard InChI is InChI=1S/C37H49NO4/c1-32(2)14-16-37(31(41)42)17-15-35(6)24(25(37)20-32)9-11-28-34(5)19-23-22-18-21(30(39)40)8-10-26(22)38-29(23)33(3,4)27(34)12-13-36(28,35)7/h8-10,18,25,27-28,38H,11-17,19-20H2,1-7H3,(H,39,40)(H,41,42)/t25-,27-,28+,34-,35+,36+,37-/m0/s1. The normalized spacial score (nSPS) is 41.4. The molecule has 5 aliphatic carbocycles. The van der Waals surface area contributed by atoms with Gasteiger partial charge >= 0.3 is 11.9 Å². The highest BCUT2D eigenvalue weighted by Gasteiger charge is 2.69. The molecule has 7 atom stereocenters. The first-order chi connectivity index (χ1) is 19.5. The fourth-order valence-electron chi connectivity index (χ4n) is 12.1. The number of carboxylic acids is 2. The van der Waals surface area contributed by atoms with Crippen LogP contribution in [0.25, 0.3) is 10.9 Å². The first kappa shape index (κ1) is 28.2. The number of fused-ring (bicyclic) bond motifs is 10. The third-order valence-corrected chi connectivity index (χ3v) is 14.6. The number of aromatic amines is 1. The second kappa shape index (κ2) is 8.33. The van der Waals surface area contributed by atoms with Crippen molar-refractivity contribution in [3.05, 3.63) is 46.7 Å². The Morgan fingerprint density at radius 3 is 2.31 bits per heavy atom. The van der Waals surface area contributed by atoms with E-state index in [9.17, 15) is 19.8 Å². The Labute approximate surface area is 250 Å². The number of aliphatic carboxylic acids is 1. The molecule has 0 saturated heterocycles. The largest absolute Gasteiger partial charge is 0.481 e. The summed E-state index contributed by atoms with van der Waals surface area (Å²) in [5.74, 6) is -0.341. The van der Waals surface area contributed by atoms with Crippen LogP contribution in [0.5, 0.6) is 0 Å². The summed E-state index contributed by atoms with van der Waals surface area (Å²) in [5, 5.41) is 21.5. The summed E-state index contributed by atoms with van der Waals surface area (Å²) in [4.78, 5) is 28.6. The SMILES string of the molecule is CC1(C)CC[C@]2(C(=O)O)CC[C@]3(C)C(=CC[C@@H]4[C@@]5(C)Cc6c([nH]c7ccc(C(=O)O)cc67)C(C)(C)[C@@H]5CC[C@]43C)[C@@H]2C1. The van der Waals surface area contributed by atoms with Crippen LogP contribution in [-0.2, 0) is 16.6 Å². The van der Waals surface area contributed by atoms with E-state index in [1.807, 2.05) is 12.1 Å². The van der Waals surface area contributed by atoms with Gasteiger partial charge in [-0.15, -0.1) is 0 Å². The van der Waals surface area contributed by atoms with Crippen LogP contribution in [0.1, 0.15) is 121 Å². The maximum absolute atomic E-state index is 13.0. The van der Waals surface area contributed by atoms with Gasteiger partial charge in [0.1, 0.15) is 0 Å². The van der Waals surface area contributed by atoms with Crippen LogP contribution >= 0.6 is 0 Å². The summed E-state index contributed by atoms with van der Waals surface area (Å²) < 4.78 is 0. The zero-order valence-electron chi connectivity index (χ0n) is 26.6. The maximum Gasteiger partial charge on any atom is 0.335 e. The molecule has 42 heavy (non-hydrogen) atoms. The topological polar surface area (TPSA) is 90.4 Å². The maximum atomic E-state index is 13.0. The molecular weight excluding hydrogens is 522 g/mol. The van der Waals surface area contributed by atoms with Crippen LogP contribution in [-0.4, -0.2) is 27.1 Å². The zero-order chi connectivity index (χ0) is 30.3. The van der Waals surface area contributed by atoms with Gasteiger partial charge in [0.25, 0.3) is 0 Å². The molecule has 1 aromatic heterocycles. The van der Waals surface area contributed by atoms with Crippen LogP contribution in [0.2, 0.25) is 0 Å². The van der Waals surface area contributed by atoms with Crippen molar-refractivity contribution in [2.45, 2.75) is 112 Å². The summed E-state index contributed by atoms with van der Waals surface area (Å²) in [7, 11) is 0. The summed E-state index contributed by atoms with van der Waals surface area (Å²) in [5.41, 5.74) is 5.07. The van der Waals surface area contributed by atoms with E-state index in [4.69, 9.17) is 0 Å². The molecule has 2 aromatic rings. The van der Waals surface area contributed by atoms with Crippen molar-refractivity contribution in [3.8, 4) is 0 Å². The zero-order valence-corrected chi connectivity index (χ0v) is 26.6. The molecule has 5 nitrogen and oxygen atoms in total. The van der Waals surface area contributed by atoms with E-state index >= 15 is 0 Å². The number of carboxylic acid groups (broad SMARTS) is 2. The van der Waals surface area contributed by atoms with Gasteiger partial charge in [-0.25, -0.2) is 4.79 Å². The first-order valence-corrected chi connectivity index (χ1v) is 16.3. The van der Waals surface area contributed by atoms with Crippen molar-refractivity contribution < 1.29 is 19.8 Å². The predicted octanol–water partition coefficient (Wildman–Crippen LogP) is 8.77. The van der Waals surface area contributed by atoms with E-state index in [0.29, 0.717) is 17.4 Å².